The molecule has 0 spiro atoms. The van der Waals surface area contributed by atoms with Crippen LogP contribution >= 0.6 is 0 Å². The summed E-state index contributed by atoms with van der Waals surface area (Å²) in [5, 5.41) is 0. The molecule has 0 atom stereocenters. The van der Waals surface area contributed by atoms with Gasteiger partial charge in [0.05, 0.1) is 12.9 Å². The summed E-state index contributed by atoms with van der Waals surface area (Å²) in [7, 11) is 0. The SMILES string of the molecule is CCO/C=C/C(C)(C)C. The van der Waals surface area contributed by atoms with E-state index in [1.54, 1.807) is 6.26 Å². The lowest BCUT2D eigenvalue weighted by atomic mass is 9.97. The second-order valence-corrected chi connectivity index (χ2v) is 3.12. The van der Waals surface area contributed by atoms with Crippen molar-refractivity contribution in [1.29, 1.82) is 0 Å². The van der Waals surface area contributed by atoms with Crippen LogP contribution < -0.4 is 0 Å². The molecule has 0 unspecified atom stereocenters. The summed E-state index contributed by atoms with van der Waals surface area (Å²) in [4.78, 5) is 0. The van der Waals surface area contributed by atoms with E-state index in [0.717, 1.165) is 6.61 Å². The molecule has 0 bridgehead atoms. The first-order valence-electron chi connectivity index (χ1n) is 3.35. The fourth-order valence-corrected chi connectivity index (χ4v) is 0.348. The van der Waals surface area contributed by atoms with Gasteiger partial charge in [0.1, 0.15) is 0 Å². The Balaban J connectivity index is 3.45. The van der Waals surface area contributed by atoms with Crippen LogP contribution in [0, 0.1) is 5.41 Å². The predicted molar refractivity (Wildman–Crippen MR) is 40.2 cm³/mol. The molecule has 0 fully saturated rings. The second-order valence-electron chi connectivity index (χ2n) is 3.12. The van der Waals surface area contributed by atoms with Crippen LogP contribution in [0.15, 0.2) is 12.3 Å². The van der Waals surface area contributed by atoms with Gasteiger partial charge in [-0.15, -0.1) is 0 Å². The highest BCUT2D eigenvalue weighted by Gasteiger charge is 2.02. The van der Waals surface area contributed by atoms with Crippen molar-refractivity contribution in [2.24, 2.45) is 5.41 Å². The largest absolute Gasteiger partial charge is 0.502 e. The molecule has 1 heteroatoms. The molecule has 0 aliphatic carbocycles. The van der Waals surface area contributed by atoms with Gasteiger partial charge in [-0.3, -0.25) is 0 Å². The number of hydrogen-bond acceptors (Lipinski definition) is 1. The van der Waals surface area contributed by atoms with Gasteiger partial charge in [0.2, 0.25) is 0 Å². The van der Waals surface area contributed by atoms with Crippen LogP contribution in [0.3, 0.4) is 0 Å². The second kappa shape index (κ2) is 3.54. The molecule has 0 N–H and O–H groups in total. The number of ether oxygens (including phenoxy) is 1. The topological polar surface area (TPSA) is 9.23 Å². The van der Waals surface area contributed by atoms with Crippen LogP contribution in [-0.4, -0.2) is 6.61 Å². The van der Waals surface area contributed by atoms with E-state index in [4.69, 9.17) is 4.74 Å². The maximum atomic E-state index is 5.03. The van der Waals surface area contributed by atoms with Gasteiger partial charge in [-0.25, -0.2) is 0 Å². The summed E-state index contributed by atoms with van der Waals surface area (Å²) in [5.41, 5.74) is 0.245. The average Bonchev–Trinajstić information content (AvgIpc) is 1.63. The predicted octanol–water partition coefficient (Wildman–Crippen LogP) is 2.58. The maximum absolute atomic E-state index is 5.03. The van der Waals surface area contributed by atoms with Gasteiger partial charge >= 0.3 is 0 Å². The Hall–Kier alpha value is -0.460. The molecule has 0 saturated heterocycles. The Morgan fingerprint density at radius 2 is 1.89 bits per heavy atom. The van der Waals surface area contributed by atoms with E-state index in [0.29, 0.717) is 0 Å². The van der Waals surface area contributed by atoms with Gasteiger partial charge in [-0.2, -0.15) is 0 Å². The lowest BCUT2D eigenvalue weighted by Gasteiger charge is -2.10. The first-order chi connectivity index (χ1) is 4.06. The van der Waals surface area contributed by atoms with Gasteiger partial charge < -0.3 is 4.74 Å². The van der Waals surface area contributed by atoms with Crippen molar-refractivity contribution in [3.05, 3.63) is 12.3 Å². The minimum Gasteiger partial charge on any atom is -0.502 e. The van der Waals surface area contributed by atoms with E-state index in [2.05, 4.69) is 26.8 Å². The van der Waals surface area contributed by atoms with E-state index in [-0.39, 0.29) is 5.41 Å². The number of allylic oxidation sites excluding steroid dienone is 1. The van der Waals surface area contributed by atoms with Gasteiger partial charge in [-0.05, 0) is 18.4 Å². The molecule has 54 valence electrons. The highest BCUT2D eigenvalue weighted by molar-refractivity contribution is 4.86. The molecule has 0 rings (SSSR count). The normalized spacial score (nSPS) is 12.4. The van der Waals surface area contributed by atoms with Crippen LogP contribution in [0.2, 0.25) is 0 Å². The number of rotatable bonds is 2. The van der Waals surface area contributed by atoms with E-state index in [9.17, 15) is 0 Å². The first-order valence-corrected chi connectivity index (χ1v) is 3.35. The van der Waals surface area contributed by atoms with Crippen molar-refractivity contribution in [3.63, 3.8) is 0 Å². The first kappa shape index (κ1) is 8.54. The molecular weight excluding hydrogens is 112 g/mol. The zero-order chi connectivity index (χ0) is 7.33. The van der Waals surface area contributed by atoms with E-state index in [1.807, 2.05) is 6.92 Å². The minimum atomic E-state index is 0.245. The van der Waals surface area contributed by atoms with Crippen molar-refractivity contribution in [1.82, 2.24) is 0 Å². The zero-order valence-electron chi connectivity index (χ0n) is 6.77. The Bertz CT molecular complexity index is 87.2. The third-order valence-electron chi connectivity index (χ3n) is 0.831. The quantitative estimate of drug-likeness (QED) is 0.519. The third-order valence-corrected chi connectivity index (χ3v) is 0.831. The Morgan fingerprint density at radius 1 is 1.33 bits per heavy atom. The fourth-order valence-electron chi connectivity index (χ4n) is 0.348. The van der Waals surface area contributed by atoms with Crippen molar-refractivity contribution >= 4 is 0 Å². The monoisotopic (exact) mass is 128 g/mol. The van der Waals surface area contributed by atoms with Gasteiger partial charge in [0.25, 0.3) is 0 Å². The summed E-state index contributed by atoms with van der Waals surface area (Å²) >= 11 is 0. The molecule has 0 aliphatic heterocycles. The number of hydrogen-bond donors (Lipinski definition) is 0. The standard InChI is InChI=1S/C8H16O/c1-5-9-7-6-8(2,3)4/h6-7H,5H2,1-4H3/b7-6+. The summed E-state index contributed by atoms with van der Waals surface area (Å²) in [6.45, 7) is 9.16. The van der Waals surface area contributed by atoms with Gasteiger partial charge in [-0.1, -0.05) is 20.8 Å². The van der Waals surface area contributed by atoms with Gasteiger partial charge in [0.15, 0.2) is 0 Å². The highest BCUT2D eigenvalue weighted by atomic mass is 16.5. The van der Waals surface area contributed by atoms with Crippen molar-refractivity contribution in [3.8, 4) is 0 Å². The molecule has 0 aromatic rings. The molecule has 1 nitrogen and oxygen atoms in total. The Kier molecular flexibility index (Phi) is 3.36. The van der Waals surface area contributed by atoms with Gasteiger partial charge in [0, 0.05) is 0 Å². The molecule has 0 amide bonds. The lowest BCUT2D eigenvalue weighted by molar-refractivity contribution is 0.264. The zero-order valence-corrected chi connectivity index (χ0v) is 6.77. The Morgan fingerprint density at radius 3 is 2.22 bits per heavy atom. The molecular formula is C8H16O. The average molecular weight is 128 g/mol. The van der Waals surface area contributed by atoms with Crippen LogP contribution in [0.25, 0.3) is 0 Å². The molecule has 0 aromatic carbocycles. The van der Waals surface area contributed by atoms with E-state index >= 15 is 0 Å². The molecule has 0 saturated carbocycles. The smallest absolute Gasteiger partial charge is 0.0845 e. The lowest BCUT2D eigenvalue weighted by Crippen LogP contribution is -1.98. The molecule has 0 aliphatic rings. The van der Waals surface area contributed by atoms with Crippen LogP contribution in [-0.2, 0) is 4.74 Å². The molecule has 9 heavy (non-hydrogen) atoms. The summed E-state index contributed by atoms with van der Waals surface area (Å²) in [6, 6.07) is 0. The summed E-state index contributed by atoms with van der Waals surface area (Å²) in [5.74, 6) is 0. The van der Waals surface area contributed by atoms with E-state index in [1.165, 1.54) is 0 Å². The van der Waals surface area contributed by atoms with Crippen LogP contribution in [0.1, 0.15) is 27.7 Å². The molecule has 0 aromatic heterocycles. The van der Waals surface area contributed by atoms with Crippen LogP contribution in [0.4, 0.5) is 0 Å². The third kappa shape index (κ3) is 7.54. The van der Waals surface area contributed by atoms with Crippen LogP contribution in [0.5, 0.6) is 0 Å². The summed E-state index contributed by atoms with van der Waals surface area (Å²) in [6.07, 6.45) is 3.82. The van der Waals surface area contributed by atoms with E-state index < -0.39 is 0 Å². The Labute approximate surface area is 57.7 Å². The molecule has 0 heterocycles. The molecule has 0 radical (unpaired) electrons. The van der Waals surface area contributed by atoms with Crippen molar-refractivity contribution in [2.45, 2.75) is 27.7 Å². The highest BCUT2D eigenvalue weighted by Crippen LogP contribution is 2.13. The fraction of sp³-hybridized carbons (Fsp3) is 0.750. The van der Waals surface area contributed by atoms with Crippen molar-refractivity contribution < 1.29 is 4.74 Å². The maximum Gasteiger partial charge on any atom is 0.0845 e. The summed E-state index contributed by atoms with van der Waals surface area (Å²) < 4.78 is 5.03. The van der Waals surface area contributed by atoms with Crippen molar-refractivity contribution in [2.75, 3.05) is 6.61 Å². The minimum absolute atomic E-state index is 0.245.